The number of nitrogens with one attached hydrogen (secondary N) is 1. The van der Waals surface area contributed by atoms with E-state index in [9.17, 15) is 9.90 Å². The highest BCUT2D eigenvalue weighted by Crippen LogP contribution is 2.34. The Balaban J connectivity index is 1.35. The second-order valence-corrected chi connectivity index (χ2v) is 9.19. The van der Waals surface area contributed by atoms with Gasteiger partial charge in [0.15, 0.2) is 0 Å². The molecular weight excluding hydrogens is 464 g/mol. The number of fused-ring (bicyclic) bond motifs is 1. The second-order valence-electron chi connectivity index (χ2n) is 8.76. The van der Waals surface area contributed by atoms with E-state index < -0.39 is 0 Å². The number of rotatable bonds is 4. The maximum atomic E-state index is 12.8. The number of carbonyl (C=O) groups is 1. The summed E-state index contributed by atoms with van der Waals surface area (Å²) < 4.78 is 0. The summed E-state index contributed by atoms with van der Waals surface area (Å²) in [4.78, 5) is 21.5. The fourth-order valence-corrected chi connectivity index (χ4v) is 4.35. The van der Waals surface area contributed by atoms with E-state index >= 15 is 0 Å². The molecule has 1 aromatic heterocycles. The van der Waals surface area contributed by atoms with Crippen LogP contribution < -0.4 is 5.32 Å². The van der Waals surface area contributed by atoms with Crippen molar-refractivity contribution < 1.29 is 9.90 Å². The topological polar surface area (TPSA) is 94.5 Å². The van der Waals surface area contributed by atoms with Gasteiger partial charge < -0.3 is 20.2 Å². The standard InChI is InChI=1S/C26H25ClN6O2/c1-16-13-18(21-15-19(27)5-8-23(21)34)14-22-24(16)29-26(31-30-22)28-20-6-3-17(4-7-20)25(35)33-11-9-32(2)10-12-33/h3-8,13-15,34H,9-12H2,1-2H3,(H,28,29,31). The normalized spacial score (nSPS) is 14.3. The van der Waals surface area contributed by atoms with Crippen LogP contribution in [0.5, 0.6) is 5.75 Å². The van der Waals surface area contributed by atoms with Crippen molar-refractivity contribution in [2.75, 3.05) is 38.5 Å². The molecule has 1 fully saturated rings. The van der Waals surface area contributed by atoms with Crippen molar-refractivity contribution in [1.29, 1.82) is 0 Å². The summed E-state index contributed by atoms with van der Waals surface area (Å²) >= 11 is 6.11. The molecule has 0 bridgehead atoms. The van der Waals surface area contributed by atoms with Crippen molar-refractivity contribution in [2.45, 2.75) is 6.92 Å². The number of amides is 1. The molecule has 8 nitrogen and oxygen atoms in total. The third-order valence-corrected chi connectivity index (χ3v) is 6.43. The number of nitrogens with zero attached hydrogens (tertiary/aromatic N) is 5. The molecule has 0 atom stereocenters. The largest absolute Gasteiger partial charge is 0.507 e. The zero-order valence-corrected chi connectivity index (χ0v) is 20.3. The minimum absolute atomic E-state index is 0.0467. The Morgan fingerprint density at radius 2 is 1.74 bits per heavy atom. The predicted molar refractivity (Wildman–Crippen MR) is 137 cm³/mol. The molecule has 4 aromatic rings. The van der Waals surface area contributed by atoms with Gasteiger partial charge in [0, 0.05) is 48.0 Å². The summed E-state index contributed by atoms with van der Waals surface area (Å²) in [6.45, 7) is 5.19. The van der Waals surface area contributed by atoms with Gasteiger partial charge in [-0.3, -0.25) is 4.79 Å². The zero-order chi connectivity index (χ0) is 24.5. The number of piperazine rings is 1. The van der Waals surface area contributed by atoms with E-state index in [1.54, 1.807) is 18.2 Å². The van der Waals surface area contributed by atoms with Crippen LogP contribution in [0, 0.1) is 6.92 Å². The number of likely N-dealkylation sites (N-methyl/N-ethyl adjacent to an activating group) is 1. The lowest BCUT2D eigenvalue weighted by molar-refractivity contribution is 0.0664. The zero-order valence-electron chi connectivity index (χ0n) is 19.5. The average molecular weight is 489 g/mol. The van der Waals surface area contributed by atoms with Crippen LogP contribution in [-0.4, -0.2) is 69.2 Å². The third kappa shape index (κ3) is 4.89. The molecule has 35 heavy (non-hydrogen) atoms. The Morgan fingerprint density at radius 3 is 2.49 bits per heavy atom. The van der Waals surface area contributed by atoms with Gasteiger partial charge >= 0.3 is 0 Å². The van der Waals surface area contributed by atoms with Crippen LogP contribution >= 0.6 is 11.6 Å². The lowest BCUT2D eigenvalue weighted by Gasteiger charge is -2.32. The Bertz CT molecular complexity index is 1400. The van der Waals surface area contributed by atoms with Gasteiger partial charge in [-0.1, -0.05) is 11.6 Å². The van der Waals surface area contributed by atoms with Crippen LogP contribution in [0.15, 0.2) is 54.6 Å². The molecule has 2 heterocycles. The van der Waals surface area contributed by atoms with Crippen LogP contribution in [0.25, 0.3) is 22.2 Å². The van der Waals surface area contributed by atoms with E-state index in [0.29, 0.717) is 33.1 Å². The number of hydrogen-bond donors (Lipinski definition) is 2. The number of phenolic OH excluding ortho intramolecular Hbond substituents is 1. The van der Waals surface area contributed by atoms with Crippen molar-refractivity contribution in [2.24, 2.45) is 0 Å². The number of hydrogen-bond acceptors (Lipinski definition) is 7. The molecule has 178 valence electrons. The first-order valence-electron chi connectivity index (χ1n) is 11.4. The Labute approximate surface area is 208 Å². The maximum Gasteiger partial charge on any atom is 0.253 e. The first-order chi connectivity index (χ1) is 16.9. The summed E-state index contributed by atoms with van der Waals surface area (Å²) in [5.41, 5.74) is 5.03. The summed E-state index contributed by atoms with van der Waals surface area (Å²) in [6.07, 6.45) is 0. The second kappa shape index (κ2) is 9.48. The number of carbonyl (C=O) groups excluding carboxylic acids is 1. The number of benzene rings is 3. The summed E-state index contributed by atoms with van der Waals surface area (Å²) in [7, 11) is 2.07. The molecule has 3 aromatic carbocycles. The molecule has 1 aliphatic heterocycles. The fourth-order valence-electron chi connectivity index (χ4n) is 4.18. The van der Waals surface area contributed by atoms with E-state index in [1.165, 1.54) is 0 Å². The Hall–Kier alpha value is -3.75. The number of halogens is 1. The van der Waals surface area contributed by atoms with Gasteiger partial charge in [-0.15, -0.1) is 10.2 Å². The molecule has 0 saturated carbocycles. The number of aromatic hydroxyl groups is 1. The highest BCUT2D eigenvalue weighted by Gasteiger charge is 2.20. The molecule has 0 unspecified atom stereocenters. The van der Waals surface area contributed by atoms with Gasteiger partial charge in [-0.25, -0.2) is 4.98 Å². The predicted octanol–water partition coefficient (Wildman–Crippen LogP) is 4.49. The number of phenols is 1. The van der Waals surface area contributed by atoms with Crippen LogP contribution in [0.1, 0.15) is 15.9 Å². The first kappa shape index (κ1) is 23.0. The van der Waals surface area contributed by atoms with Gasteiger partial charge in [0.25, 0.3) is 5.91 Å². The van der Waals surface area contributed by atoms with Gasteiger partial charge in [0.2, 0.25) is 5.95 Å². The molecule has 1 aliphatic rings. The van der Waals surface area contributed by atoms with E-state index in [1.807, 2.05) is 48.2 Å². The van der Waals surface area contributed by atoms with Crippen molar-refractivity contribution in [1.82, 2.24) is 25.0 Å². The molecule has 0 aliphatic carbocycles. The Kier molecular flexibility index (Phi) is 6.23. The molecule has 2 N–H and O–H groups in total. The van der Waals surface area contributed by atoms with E-state index in [2.05, 4.69) is 32.4 Å². The molecule has 0 spiro atoms. The first-order valence-corrected chi connectivity index (χ1v) is 11.7. The van der Waals surface area contributed by atoms with Crippen molar-refractivity contribution >= 4 is 40.2 Å². The lowest BCUT2D eigenvalue weighted by atomic mass is 10.0. The number of aryl methyl sites for hydroxylation is 1. The molecule has 1 saturated heterocycles. The third-order valence-electron chi connectivity index (χ3n) is 6.20. The summed E-state index contributed by atoms with van der Waals surface area (Å²) in [5, 5.41) is 22.5. The SMILES string of the molecule is Cc1cc(-c2cc(Cl)ccc2O)cc2nnc(Nc3ccc(C(=O)N4CCN(C)CC4)cc3)nc12. The lowest BCUT2D eigenvalue weighted by Crippen LogP contribution is -2.47. The van der Waals surface area contributed by atoms with Gasteiger partial charge in [0.1, 0.15) is 11.3 Å². The minimum Gasteiger partial charge on any atom is -0.507 e. The molecule has 9 heteroatoms. The smallest absolute Gasteiger partial charge is 0.253 e. The molecule has 1 amide bonds. The van der Waals surface area contributed by atoms with E-state index in [0.717, 1.165) is 43.0 Å². The fraction of sp³-hybridized carbons (Fsp3) is 0.231. The monoisotopic (exact) mass is 488 g/mol. The highest BCUT2D eigenvalue weighted by molar-refractivity contribution is 6.31. The van der Waals surface area contributed by atoms with Crippen molar-refractivity contribution in [3.05, 3.63) is 70.7 Å². The van der Waals surface area contributed by atoms with Gasteiger partial charge in [-0.05, 0) is 79.7 Å². The highest BCUT2D eigenvalue weighted by atomic mass is 35.5. The van der Waals surface area contributed by atoms with Gasteiger partial charge in [-0.2, -0.15) is 0 Å². The van der Waals surface area contributed by atoms with Crippen LogP contribution in [-0.2, 0) is 0 Å². The van der Waals surface area contributed by atoms with E-state index in [-0.39, 0.29) is 11.7 Å². The van der Waals surface area contributed by atoms with Gasteiger partial charge in [0.05, 0.1) is 5.52 Å². The van der Waals surface area contributed by atoms with Crippen LogP contribution in [0.4, 0.5) is 11.6 Å². The minimum atomic E-state index is 0.0467. The van der Waals surface area contributed by atoms with Crippen LogP contribution in [0.3, 0.4) is 0 Å². The van der Waals surface area contributed by atoms with E-state index in [4.69, 9.17) is 11.6 Å². The van der Waals surface area contributed by atoms with Crippen molar-refractivity contribution in [3.8, 4) is 16.9 Å². The average Bonchev–Trinajstić information content (AvgIpc) is 2.86. The number of anilines is 2. The summed E-state index contributed by atoms with van der Waals surface area (Å²) in [6, 6.07) is 16.0. The molecule has 5 rings (SSSR count). The Morgan fingerprint density at radius 1 is 1.00 bits per heavy atom. The maximum absolute atomic E-state index is 12.8. The number of aromatic nitrogens is 3. The summed E-state index contributed by atoms with van der Waals surface area (Å²) in [5.74, 6) is 0.546. The molecular formula is C26H25ClN6O2. The molecule has 0 radical (unpaired) electrons. The quantitative estimate of drug-likeness (QED) is 0.437. The van der Waals surface area contributed by atoms with Crippen molar-refractivity contribution in [3.63, 3.8) is 0 Å². The van der Waals surface area contributed by atoms with Crippen LogP contribution in [0.2, 0.25) is 5.02 Å².